The Morgan fingerprint density at radius 1 is 0.885 bits per heavy atom. The number of ether oxygens (including phenoxy) is 4. The number of aromatic nitrogens is 2. The number of nitrogens with one attached hydrogen (secondary N) is 2. The van der Waals surface area contributed by atoms with Crippen molar-refractivity contribution in [3.8, 4) is 11.5 Å². The molecule has 61 heavy (non-hydrogen) atoms. The zero-order chi connectivity index (χ0) is 44.0. The predicted molar refractivity (Wildman–Crippen MR) is 235 cm³/mol. The molecule has 6 rings (SSSR count). The molecule has 3 atom stereocenters. The molecule has 5 aromatic rings. The van der Waals surface area contributed by atoms with Gasteiger partial charge in [0.1, 0.15) is 0 Å². The molecule has 326 valence electrons. The van der Waals surface area contributed by atoms with E-state index in [2.05, 4.69) is 10.1 Å². The van der Waals surface area contributed by atoms with Crippen molar-refractivity contribution in [2.75, 3.05) is 27.4 Å². The number of hydrogen-bond donors (Lipinski definition) is 3. The Labute approximate surface area is 357 Å². The van der Waals surface area contributed by atoms with Crippen molar-refractivity contribution in [3.05, 3.63) is 164 Å². The van der Waals surface area contributed by atoms with Gasteiger partial charge in [0.25, 0.3) is 0 Å². The summed E-state index contributed by atoms with van der Waals surface area (Å²) in [5, 5.41) is 16.4. The van der Waals surface area contributed by atoms with Crippen LogP contribution in [0, 0.1) is 6.92 Å². The summed E-state index contributed by atoms with van der Waals surface area (Å²) in [6.07, 6.45) is -1.40. The number of amides is 1. The van der Waals surface area contributed by atoms with Crippen LogP contribution in [-0.2, 0) is 24.1 Å². The van der Waals surface area contributed by atoms with Crippen LogP contribution in [0.2, 0.25) is 0 Å². The number of rotatable bonds is 18. The van der Waals surface area contributed by atoms with Gasteiger partial charge in [0.05, 0.1) is 0 Å². The molecule has 1 aromatic heterocycles. The van der Waals surface area contributed by atoms with Gasteiger partial charge in [-0.15, -0.1) is 0 Å². The number of benzene rings is 4. The van der Waals surface area contributed by atoms with Gasteiger partial charge in [0.15, 0.2) is 0 Å². The van der Waals surface area contributed by atoms with Crippen molar-refractivity contribution >= 4 is 13.9 Å². The zero-order valence-electron chi connectivity index (χ0n) is 35.9. The molecule has 0 saturated carbocycles. The molecule has 0 radical (unpaired) electrons. The van der Waals surface area contributed by atoms with E-state index in [0.717, 1.165) is 16.7 Å². The number of aliphatic hydroxyl groups is 1. The van der Waals surface area contributed by atoms with Gasteiger partial charge in [-0.05, 0) is 0 Å². The fourth-order valence-corrected chi connectivity index (χ4v) is 11.5. The van der Waals surface area contributed by atoms with Crippen molar-refractivity contribution < 1.29 is 37.9 Å². The van der Waals surface area contributed by atoms with E-state index < -0.39 is 48.9 Å². The van der Waals surface area contributed by atoms with Crippen LogP contribution < -0.4 is 25.8 Å². The summed E-state index contributed by atoms with van der Waals surface area (Å²) >= 11 is 0. The van der Waals surface area contributed by atoms with E-state index in [1.807, 2.05) is 117 Å². The van der Waals surface area contributed by atoms with Crippen molar-refractivity contribution in [3.63, 3.8) is 0 Å². The summed E-state index contributed by atoms with van der Waals surface area (Å²) < 4.78 is 41.8. The van der Waals surface area contributed by atoms with Crippen LogP contribution in [0.5, 0.6) is 11.5 Å². The Hall–Kier alpha value is -5.18. The average Bonchev–Trinajstić information content (AvgIpc) is 3.57. The first-order valence-corrected chi connectivity index (χ1v) is 22.1. The minimum atomic E-state index is -4.25. The quantitative estimate of drug-likeness (QED) is 0.0480. The van der Waals surface area contributed by atoms with E-state index in [1.165, 1.54) is 10.8 Å². The molecule has 14 nitrogen and oxygen atoms in total. The second-order valence-electron chi connectivity index (χ2n) is 15.5. The Balaban J connectivity index is 1.53. The van der Waals surface area contributed by atoms with Gasteiger partial charge in [-0.25, -0.2) is 0 Å². The minimum absolute atomic E-state index is 0.114. The van der Waals surface area contributed by atoms with E-state index in [9.17, 15) is 19.5 Å². The summed E-state index contributed by atoms with van der Waals surface area (Å²) in [6, 6.07) is 32.9. The average molecular weight is 857 g/mol. The standard InChI is InChI=1S/C46H57N4O10P/c1-9-58-61(50(31(2)3)32(4)5,48-43(52)34-16-12-10-13-17-34)60-45(54)28-41(49-29-33(6)42(51)47-44(49)53)59-40(45)30-57-46(35-18-14-11-15-19-35,36-20-24-38(55-7)25-21-36)37-22-26-39(56-8)27-23-37/h10-27,29,31-32,40-41,54,61H,9,28,30H2,1-8H3,(H,48,52)(H,47,51,53)/t40-,41-,45+/m1/s1. The van der Waals surface area contributed by atoms with Crippen molar-refractivity contribution in [1.82, 2.24) is 19.3 Å². The Bertz CT molecular complexity index is 2290. The SMILES string of the molecule is CCO[PH](NC(=O)c1ccccc1)(O[C@@]1(O)C[C@H](n2cc(C)c(=O)[nH]c2=O)O[C@@H]1COC(c1ccccc1)(c1ccc(OC)cc1)c1ccc(OC)cc1)N(C(C)C)C(C)C. The molecule has 4 aromatic carbocycles. The van der Waals surface area contributed by atoms with Gasteiger partial charge in [-0.3, -0.25) is 0 Å². The van der Waals surface area contributed by atoms with Crippen LogP contribution in [0.25, 0.3) is 0 Å². The van der Waals surface area contributed by atoms with Gasteiger partial charge in [-0.1, -0.05) is 0 Å². The first-order chi connectivity index (χ1) is 29.2. The summed E-state index contributed by atoms with van der Waals surface area (Å²) in [5.74, 6) is -1.46. The van der Waals surface area contributed by atoms with E-state index in [4.69, 9.17) is 28.0 Å². The third-order valence-electron chi connectivity index (χ3n) is 10.8. The second kappa shape index (κ2) is 19.3. The van der Waals surface area contributed by atoms with Crippen LogP contribution in [0.4, 0.5) is 0 Å². The third-order valence-corrected chi connectivity index (χ3v) is 14.4. The van der Waals surface area contributed by atoms with Crippen LogP contribution in [0.1, 0.15) is 79.9 Å². The Morgan fingerprint density at radius 3 is 1.92 bits per heavy atom. The molecule has 1 saturated heterocycles. The molecular formula is C46H57N4O10P. The van der Waals surface area contributed by atoms with Gasteiger partial charge in [0.2, 0.25) is 0 Å². The van der Waals surface area contributed by atoms with Gasteiger partial charge >= 0.3 is 358 Å². The van der Waals surface area contributed by atoms with Gasteiger partial charge < -0.3 is 0 Å². The van der Waals surface area contributed by atoms with Crippen LogP contribution in [0.15, 0.2) is 125 Å². The van der Waals surface area contributed by atoms with E-state index >= 15 is 0 Å². The first-order valence-electron chi connectivity index (χ1n) is 20.4. The molecule has 2 heterocycles. The first kappa shape index (κ1) is 45.3. The molecule has 1 aliphatic heterocycles. The monoisotopic (exact) mass is 856 g/mol. The van der Waals surface area contributed by atoms with Crippen molar-refractivity contribution in [2.24, 2.45) is 0 Å². The molecule has 1 fully saturated rings. The van der Waals surface area contributed by atoms with Gasteiger partial charge in [0, 0.05) is 0 Å². The predicted octanol–water partition coefficient (Wildman–Crippen LogP) is 6.86. The molecule has 1 amide bonds. The van der Waals surface area contributed by atoms with Crippen molar-refractivity contribution in [2.45, 2.75) is 83.8 Å². The number of nitrogens with zero attached hydrogens (tertiary/aromatic N) is 2. The normalized spacial score (nSPS) is 18.4. The fourth-order valence-electron chi connectivity index (χ4n) is 8.04. The summed E-state index contributed by atoms with van der Waals surface area (Å²) in [5.41, 5.74) is 0.231. The molecule has 15 heteroatoms. The molecule has 0 bridgehead atoms. The molecule has 3 N–H and O–H groups in total. The molecule has 0 aliphatic carbocycles. The number of H-pyrrole nitrogens is 1. The van der Waals surface area contributed by atoms with E-state index in [0.29, 0.717) is 17.1 Å². The van der Waals surface area contributed by atoms with E-state index in [-0.39, 0.29) is 37.3 Å². The Kier molecular flexibility index (Phi) is 14.3. The van der Waals surface area contributed by atoms with E-state index in [1.54, 1.807) is 52.3 Å². The molecular weight excluding hydrogens is 799 g/mol. The number of methoxy groups -OCH3 is 2. The third kappa shape index (κ3) is 9.51. The Morgan fingerprint density at radius 2 is 1.41 bits per heavy atom. The zero-order valence-corrected chi connectivity index (χ0v) is 36.9. The van der Waals surface area contributed by atoms with Gasteiger partial charge in [-0.2, -0.15) is 0 Å². The second-order valence-corrected chi connectivity index (χ2v) is 17.9. The van der Waals surface area contributed by atoms with Crippen LogP contribution >= 0.6 is 8.02 Å². The van der Waals surface area contributed by atoms with Crippen LogP contribution in [0.3, 0.4) is 0 Å². The maximum absolute atomic E-state index is 14.2. The fraction of sp³-hybridized carbons (Fsp3) is 0.370. The summed E-state index contributed by atoms with van der Waals surface area (Å²) in [6.45, 7) is 11.0. The topological polar surface area (TPSA) is 163 Å². The van der Waals surface area contributed by atoms with Crippen LogP contribution in [-0.4, -0.2) is 76.6 Å². The summed E-state index contributed by atoms with van der Waals surface area (Å²) in [7, 11) is -1.06. The number of aryl methyl sites for hydroxylation is 1. The maximum atomic E-state index is 14.2. The number of carbonyl (C=O) groups is 1. The molecule has 0 spiro atoms. The number of carbonyl (C=O) groups excluding carboxylic acids is 1. The number of aromatic amines is 1. The number of hydrogen-bond acceptors (Lipinski definition) is 11. The molecule has 0 unspecified atom stereocenters. The molecule has 1 aliphatic rings. The van der Waals surface area contributed by atoms with Crippen molar-refractivity contribution in [1.29, 1.82) is 0 Å². The summed E-state index contributed by atoms with van der Waals surface area (Å²) in [4.78, 5) is 42.4.